The molecule has 0 aliphatic carbocycles. The van der Waals surface area contributed by atoms with Gasteiger partial charge in [-0.3, -0.25) is 0 Å². The van der Waals surface area contributed by atoms with Gasteiger partial charge in [-0.15, -0.1) is 0 Å². The number of halogens is 1. The third-order valence-corrected chi connectivity index (χ3v) is 3.03. The van der Waals surface area contributed by atoms with E-state index >= 15 is 0 Å². The van der Waals surface area contributed by atoms with E-state index in [9.17, 15) is 5.11 Å². The summed E-state index contributed by atoms with van der Waals surface area (Å²) < 4.78 is 1.04. The van der Waals surface area contributed by atoms with E-state index in [2.05, 4.69) is 22.6 Å². The van der Waals surface area contributed by atoms with Crippen LogP contribution in [0.1, 0.15) is 18.6 Å². The molecule has 2 unspecified atom stereocenters. The van der Waals surface area contributed by atoms with Crippen molar-refractivity contribution in [2.24, 2.45) is 5.92 Å². The van der Waals surface area contributed by atoms with Crippen LogP contribution < -0.4 is 0 Å². The van der Waals surface area contributed by atoms with Gasteiger partial charge in [0.25, 0.3) is 0 Å². The predicted molar refractivity (Wildman–Crippen MR) is 60.4 cm³/mol. The molecule has 2 atom stereocenters. The van der Waals surface area contributed by atoms with Crippen LogP contribution in [-0.4, -0.2) is 16.8 Å². The van der Waals surface area contributed by atoms with E-state index in [0.29, 0.717) is 0 Å². The number of hydrogen-bond acceptors (Lipinski definition) is 2. The Hall–Kier alpha value is -0.130. The fraction of sp³-hybridized carbons (Fsp3) is 0.400. The summed E-state index contributed by atoms with van der Waals surface area (Å²) in [5.74, 6) is -0.115. The van der Waals surface area contributed by atoms with Gasteiger partial charge in [0, 0.05) is 16.1 Å². The van der Waals surface area contributed by atoms with Gasteiger partial charge < -0.3 is 10.2 Å². The average molecular weight is 292 g/mol. The zero-order valence-electron chi connectivity index (χ0n) is 7.44. The molecule has 0 aliphatic rings. The van der Waals surface area contributed by atoms with E-state index in [1.165, 1.54) is 0 Å². The molecule has 0 radical (unpaired) electrons. The van der Waals surface area contributed by atoms with E-state index in [1.807, 2.05) is 31.2 Å². The topological polar surface area (TPSA) is 40.5 Å². The Balaban J connectivity index is 2.88. The van der Waals surface area contributed by atoms with Crippen LogP contribution in [0.25, 0.3) is 0 Å². The Bertz CT molecular complexity index is 275. The second-order valence-corrected chi connectivity index (χ2v) is 4.29. The fourth-order valence-electron chi connectivity index (χ4n) is 1.12. The Morgan fingerprint density at radius 2 is 2.00 bits per heavy atom. The minimum atomic E-state index is -0.571. The number of aliphatic hydroxyl groups is 2. The van der Waals surface area contributed by atoms with Crippen molar-refractivity contribution in [2.45, 2.75) is 13.0 Å². The lowest BCUT2D eigenvalue weighted by Crippen LogP contribution is -2.13. The second-order valence-electron chi connectivity index (χ2n) is 3.13. The minimum absolute atomic E-state index is 0.00609. The molecule has 2 N–H and O–H groups in total. The van der Waals surface area contributed by atoms with Crippen LogP contribution in [0.3, 0.4) is 0 Å². The van der Waals surface area contributed by atoms with Crippen molar-refractivity contribution < 1.29 is 10.2 Å². The van der Waals surface area contributed by atoms with Crippen LogP contribution in [0.15, 0.2) is 24.3 Å². The van der Waals surface area contributed by atoms with Crippen LogP contribution in [0, 0.1) is 9.49 Å². The maximum absolute atomic E-state index is 9.81. The van der Waals surface area contributed by atoms with Crippen LogP contribution in [0.2, 0.25) is 0 Å². The molecule has 13 heavy (non-hydrogen) atoms. The van der Waals surface area contributed by atoms with Gasteiger partial charge in [-0.1, -0.05) is 25.1 Å². The molecular weight excluding hydrogens is 279 g/mol. The molecule has 1 rings (SSSR count). The molecule has 72 valence electrons. The average Bonchev–Trinajstić information content (AvgIpc) is 2.16. The lowest BCUT2D eigenvalue weighted by atomic mass is 9.98. The van der Waals surface area contributed by atoms with Crippen LogP contribution in [0.4, 0.5) is 0 Å². The van der Waals surface area contributed by atoms with Crippen molar-refractivity contribution in [3.05, 3.63) is 33.4 Å². The van der Waals surface area contributed by atoms with Gasteiger partial charge in [-0.05, 0) is 34.2 Å². The summed E-state index contributed by atoms with van der Waals surface area (Å²) in [5.41, 5.74) is 0.893. The number of hydrogen-bond donors (Lipinski definition) is 2. The monoisotopic (exact) mass is 292 g/mol. The maximum atomic E-state index is 9.81. The standard InChI is InChI=1S/C10H13IO2/c1-7(6-12)10(13)8-4-2-3-5-9(8)11/h2-5,7,10,12-13H,6H2,1H3. The molecule has 2 nitrogen and oxygen atoms in total. The van der Waals surface area contributed by atoms with E-state index < -0.39 is 6.10 Å². The molecule has 1 aromatic carbocycles. The first-order valence-corrected chi connectivity index (χ1v) is 5.28. The van der Waals surface area contributed by atoms with E-state index in [-0.39, 0.29) is 12.5 Å². The molecule has 1 aromatic rings. The van der Waals surface area contributed by atoms with Gasteiger partial charge in [0.2, 0.25) is 0 Å². The lowest BCUT2D eigenvalue weighted by Gasteiger charge is -2.17. The smallest absolute Gasteiger partial charge is 0.0847 e. The third-order valence-electron chi connectivity index (χ3n) is 2.05. The summed E-state index contributed by atoms with van der Waals surface area (Å²) in [6.45, 7) is 1.83. The Kier molecular flexibility index (Phi) is 4.15. The highest BCUT2D eigenvalue weighted by Gasteiger charge is 2.17. The summed E-state index contributed by atoms with van der Waals surface area (Å²) in [6.07, 6.45) is -0.571. The molecule has 0 spiro atoms. The molecule has 0 amide bonds. The summed E-state index contributed by atoms with van der Waals surface area (Å²) in [5, 5.41) is 18.7. The maximum Gasteiger partial charge on any atom is 0.0847 e. The van der Waals surface area contributed by atoms with Crippen molar-refractivity contribution in [2.75, 3.05) is 6.61 Å². The molecule has 0 heterocycles. The predicted octanol–water partition coefficient (Wildman–Crippen LogP) is 1.95. The van der Waals surface area contributed by atoms with Gasteiger partial charge in [-0.2, -0.15) is 0 Å². The lowest BCUT2D eigenvalue weighted by molar-refractivity contribution is 0.0764. The van der Waals surface area contributed by atoms with Crippen LogP contribution in [-0.2, 0) is 0 Å². The number of benzene rings is 1. The second kappa shape index (κ2) is 4.93. The first-order valence-electron chi connectivity index (χ1n) is 4.20. The van der Waals surface area contributed by atoms with Crippen LogP contribution in [0.5, 0.6) is 0 Å². The van der Waals surface area contributed by atoms with Gasteiger partial charge in [-0.25, -0.2) is 0 Å². The normalized spacial score (nSPS) is 15.4. The van der Waals surface area contributed by atoms with Crippen molar-refractivity contribution in [3.8, 4) is 0 Å². The minimum Gasteiger partial charge on any atom is -0.396 e. The fourth-order valence-corrected chi connectivity index (χ4v) is 1.83. The summed E-state index contributed by atoms with van der Waals surface area (Å²) in [7, 11) is 0. The first-order chi connectivity index (χ1) is 6.16. The highest BCUT2D eigenvalue weighted by atomic mass is 127. The summed E-state index contributed by atoms with van der Waals surface area (Å²) >= 11 is 2.18. The van der Waals surface area contributed by atoms with Crippen molar-refractivity contribution in [3.63, 3.8) is 0 Å². The zero-order valence-corrected chi connectivity index (χ0v) is 9.60. The summed E-state index contributed by atoms with van der Waals surface area (Å²) in [6, 6.07) is 7.66. The molecule has 0 saturated heterocycles. The first kappa shape index (κ1) is 10.9. The SMILES string of the molecule is CC(CO)C(O)c1ccccc1I. The highest BCUT2D eigenvalue weighted by molar-refractivity contribution is 14.1. The van der Waals surface area contributed by atoms with E-state index in [1.54, 1.807) is 0 Å². The molecule has 0 aliphatic heterocycles. The highest BCUT2D eigenvalue weighted by Crippen LogP contribution is 2.25. The van der Waals surface area contributed by atoms with Crippen LogP contribution >= 0.6 is 22.6 Å². The van der Waals surface area contributed by atoms with Crippen molar-refractivity contribution >= 4 is 22.6 Å². The van der Waals surface area contributed by atoms with Gasteiger partial charge in [0.1, 0.15) is 0 Å². The Morgan fingerprint density at radius 1 is 1.38 bits per heavy atom. The molecule has 0 fully saturated rings. The Morgan fingerprint density at radius 3 is 2.54 bits per heavy atom. The van der Waals surface area contributed by atoms with E-state index in [4.69, 9.17) is 5.11 Å². The van der Waals surface area contributed by atoms with Crippen molar-refractivity contribution in [1.82, 2.24) is 0 Å². The van der Waals surface area contributed by atoms with Gasteiger partial charge >= 0.3 is 0 Å². The Labute approximate surface area is 91.7 Å². The molecule has 0 bridgehead atoms. The van der Waals surface area contributed by atoms with Crippen molar-refractivity contribution in [1.29, 1.82) is 0 Å². The number of rotatable bonds is 3. The molecular formula is C10H13IO2. The van der Waals surface area contributed by atoms with Gasteiger partial charge in [0.05, 0.1) is 6.10 Å². The van der Waals surface area contributed by atoms with Gasteiger partial charge in [0.15, 0.2) is 0 Å². The molecule has 0 aromatic heterocycles. The largest absolute Gasteiger partial charge is 0.396 e. The quantitative estimate of drug-likeness (QED) is 0.836. The molecule has 0 saturated carbocycles. The summed E-state index contributed by atoms with van der Waals surface area (Å²) in [4.78, 5) is 0. The number of aliphatic hydroxyl groups excluding tert-OH is 2. The molecule has 3 heteroatoms. The zero-order chi connectivity index (χ0) is 9.84. The third kappa shape index (κ3) is 2.65. The van der Waals surface area contributed by atoms with E-state index in [0.717, 1.165) is 9.13 Å².